The first-order chi connectivity index (χ1) is 5.95. The lowest BCUT2D eigenvalue weighted by Crippen LogP contribution is -2.44. The number of hydrogen-bond acceptors (Lipinski definition) is 3. The van der Waals surface area contributed by atoms with E-state index in [0.717, 1.165) is 25.7 Å². The first-order valence-corrected chi connectivity index (χ1v) is 6.85. The van der Waals surface area contributed by atoms with Gasteiger partial charge in [0, 0.05) is 12.3 Å². The smallest absolute Gasteiger partial charge is 0.151 e. The Bertz CT molecular complexity index is 261. The van der Waals surface area contributed by atoms with Crippen molar-refractivity contribution in [3.8, 4) is 0 Å². The van der Waals surface area contributed by atoms with Crippen LogP contribution in [-0.4, -0.2) is 26.0 Å². The zero-order chi connectivity index (χ0) is 10.1. The molecule has 0 amide bonds. The second kappa shape index (κ2) is 3.96. The Morgan fingerprint density at radius 3 is 2.46 bits per heavy atom. The van der Waals surface area contributed by atoms with Crippen LogP contribution in [0.3, 0.4) is 0 Å². The van der Waals surface area contributed by atoms with Gasteiger partial charge in [0.1, 0.15) is 0 Å². The minimum Gasteiger partial charge on any atom is -0.327 e. The molecule has 1 aliphatic rings. The lowest BCUT2D eigenvalue weighted by atomic mass is 9.84. The summed E-state index contributed by atoms with van der Waals surface area (Å²) in [6.07, 6.45) is 5.07. The quantitative estimate of drug-likeness (QED) is 0.729. The van der Waals surface area contributed by atoms with Crippen molar-refractivity contribution in [1.82, 2.24) is 0 Å². The third-order valence-corrected chi connectivity index (χ3v) is 4.72. The molecule has 1 saturated carbocycles. The van der Waals surface area contributed by atoms with Crippen LogP contribution >= 0.6 is 0 Å². The van der Waals surface area contributed by atoms with Gasteiger partial charge in [-0.15, -0.1) is 0 Å². The maximum Gasteiger partial charge on any atom is 0.151 e. The zero-order valence-corrected chi connectivity index (χ0v) is 9.18. The molecule has 4 heteroatoms. The van der Waals surface area contributed by atoms with Crippen molar-refractivity contribution in [3.63, 3.8) is 0 Å². The minimum atomic E-state index is -2.94. The summed E-state index contributed by atoms with van der Waals surface area (Å²) in [5, 5.41) is -0.300. The van der Waals surface area contributed by atoms with Crippen molar-refractivity contribution in [2.75, 3.05) is 6.26 Å². The van der Waals surface area contributed by atoms with Crippen molar-refractivity contribution >= 4 is 9.84 Å². The Balaban J connectivity index is 2.71. The van der Waals surface area contributed by atoms with Gasteiger partial charge in [-0.1, -0.05) is 13.3 Å². The minimum absolute atomic E-state index is 0.141. The molecule has 0 aromatic heterocycles. The molecule has 0 saturated heterocycles. The van der Waals surface area contributed by atoms with Crippen molar-refractivity contribution in [1.29, 1.82) is 0 Å². The van der Waals surface area contributed by atoms with Crippen molar-refractivity contribution in [2.24, 2.45) is 11.7 Å². The molecule has 0 radical (unpaired) electrons. The van der Waals surface area contributed by atoms with Crippen LogP contribution in [0, 0.1) is 5.92 Å². The molecule has 78 valence electrons. The summed E-state index contributed by atoms with van der Waals surface area (Å²) < 4.78 is 22.8. The van der Waals surface area contributed by atoms with Crippen LogP contribution in [0.4, 0.5) is 0 Å². The third-order valence-electron chi connectivity index (χ3n) is 3.08. The van der Waals surface area contributed by atoms with Crippen molar-refractivity contribution in [3.05, 3.63) is 0 Å². The largest absolute Gasteiger partial charge is 0.327 e. The molecule has 0 heterocycles. The van der Waals surface area contributed by atoms with Crippen molar-refractivity contribution in [2.45, 2.75) is 43.9 Å². The Hall–Kier alpha value is -0.0900. The van der Waals surface area contributed by atoms with Crippen LogP contribution in [0.25, 0.3) is 0 Å². The highest BCUT2D eigenvalue weighted by Gasteiger charge is 2.33. The molecule has 1 rings (SSSR count). The standard InChI is InChI=1S/C9H19NO2S/c1-3-7-4-5-8(10)9(6-7)13(2,11)12/h7-9H,3-6,10H2,1-2H3. The number of sulfone groups is 1. The van der Waals surface area contributed by atoms with E-state index in [-0.39, 0.29) is 11.3 Å². The Morgan fingerprint density at radius 2 is 2.00 bits per heavy atom. The van der Waals surface area contributed by atoms with Crippen molar-refractivity contribution < 1.29 is 8.42 Å². The molecule has 13 heavy (non-hydrogen) atoms. The molecule has 3 nitrogen and oxygen atoms in total. The first kappa shape index (κ1) is 11.0. The second-order valence-corrected chi connectivity index (χ2v) is 6.38. The van der Waals surface area contributed by atoms with E-state index in [4.69, 9.17) is 5.73 Å². The van der Waals surface area contributed by atoms with E-state index in [1.807, 2.05) is 0 Å². The van der Waals surface area contributed by atoms with Gasteiger partial charge in [-0.25, -0.2) is 8.42 Å². The van der Waals surface area contributed by atoms with Gasteiger partial charge < -0.3 is 5.73 Å². The Labute approximate surface area is 80.6 Å². The first-order valence-electron chi connectivity index (χ1n) is 4.89. The normalized spacial score (nSPS) is 36.1. The highest BCUT2D eigenvalue weighted by Crippen LogP contribution is 2.29. The molecule has 0 aromatic rings. The van der Waals surface area contributed by atoms with E-state index in [0.29, 0.717) is 5.92 Å². The van der Waals surface area contributed by atoms with E-state index in [9.17, 15) is 8.42 Å². The lowest BCUT2D eigenvalue weighted by Gasteiger charge is -2.32. The predicted molar refractivity (Wildman–Crippen MR) is 54.2 cm³/mol. The molecule has 0 bridgehead atoms. The molecule has 3 unspecified atom stereocenters. The summed E-state index contributed by atoms with van der Waals surface area (Å²) in [7, 11) is -2.94. The molecular formula is C9H19NO2S. The maximum atomic E-state index is 11.4. The molecule has 1 aliphatic carbocycles. The van der Waals surface area contributed by atoms with Gasteiger partial charge in [-0.2, -0.15) is 0 Å². The number of nitrogens with two attached hydrogens (primary N) is 1. The molecule has 1 fully saturated rings. The van der Waals surface area contributed by atoms with Gasteiger partial charge >= 0.3 is 0 Å². The van der Waals surface area contributed by atoms with Gasteiger partial charge in [-0.05, 0) is 25.2 Å². The molecule has 0 aliphatic heterocycles. The fraction of sp³-hybridized carbons (Fsp3) is 1.00. The van der Waals surface area contributed by atoms with Crippen LogP contribution in [0.2, 0.25) is 0 Å². The zero-order valence-electron chi connectivity index (χ0n) is 8.36. The highest BCUT2D eigenvalue weighted by molar-refractivity contribution is 7.91. The fourth-order valence-electron chi connectivity index (χ4n) is 2.10. The van der Waals surface area contributed by atoms with E-state index >= 15 is 0 Å². The van der Waals surface area contributed by atoms with Crippen LogP contribution < -0.4 is 5.73 Å². The fourth-order valence-corrected chi connectivity index (χ4v) is 3.49. The SMILES string of the molecule is CCC1CCC(N)C(S(C)(=O)=O)C1. The molecule has 0 aromatic carbocycles. The van der Waals surface area contributed by atoms with E-state index in [2.05, 4.69) is 6.92 Å². The summed E-state index contributed by atoms with van der Waals surface area (Å²) in [4.78, 5) is 0. The average Bonchev–Trinajstić information content (AvgIpc) is 2.03. The predicted octanol–water partition coefficient (Wildman–Crippen LogP) is 0.937. The van der Waals surface area contributed by atoms with Gasteiger partial charge in [-0.3, -0.25) is 0 Å². The average molecular weight is 205 g/mol. The topological polar surface area (TPSA) is 60.2 Å². The third kappa shape index (κ3) is 2.68. The molecule has 2 N–H and O–H groups in total. The lowest BCUT2D eigenvalue weighted by molar-refractivity contribution is 0.319. The van der Waals surface area contributed by atoms with E-state index in [1.165, 1.54) is 6.26 Å². The highest BCUT2D eigenvalue weighted by atomic mass is 32.2. The number of rotatable bonds is 2. The number of hydrogen-bond donors (Lipinski definition) is 1. The van der Waals surface area contributed by atoms with Gasteiger partial charge in [0.15, 0.2) is 9.84 Å². The summed E-state index contributed by atoms with van der Waals surface area (Å²) in [6, 6.07) is -0.141. The van der Waals surface area contributed by atoms with Crippen LogP contribution in [0.15, 0.2) is 0 Å². The second-order valence-electron chi connectivity index (χ2n) is 4.12. The monoisotopic (exact) mass is 205 g/mol. The van der Waals surface area contributed by atoms with Gasteiger partial charge in [0.2, 0.25) is 0 Å². The van der Waals surface area contributed by atoms with E-state index < -0.39 is 9.84 Å². The Kier molecular flexibility index (Phi) is 3.35. The summed E-state index contributed by atoms with van der Waals surface area (Å²) in [6.45, 7) is 2.11. The summed E-state index contributed by atoms with van der Waals surface area (Å²) in [5.41, 5.74) is 5.80. The molecular weight excluding hydrogens is 186 g/mol. The van der Waals surface area contributed by atoms with Gasteiger partial charge in [0.05, 0.1) is 5.25 Å². The van der Waals surface area contributed by atoms with Crippen LogP contribution in [0.5, 0.6) is 0 Å². The molecule has 0 spiro atoms. The van der Waals surface area contributed by atoms with E-state index in [1.54, 1.807) is 0 Å². The Morgan fingerprint density at radius 1 is 1.38 bits per heavy atom. The van der Waals surface area contributed by atoms with Crippen LogP contribution in [0.1, 0.15) is 32.6 Å². The molecule has 3 atom stereocenters. The summed E-state index contributed by atoms with van der Waals surface area (Å²) in [5.74, 6) is 0.555. The van der Waals surface area contributed by atoms with Gasteiger partial charge in [0.25, 0.3) is 0 Å². The van der Waals surface area contributed by atoms with Crippen LogP contribution in [-0.2, 0) is 9.84 Å². The maximum absolute atomic E-state index is 11.4. The summed E-state index contributed by atoms with van der Waals surface area (Å²) >= 11 is 0.